The number of ether oxygens (including phenoxy) is 3. The van der Waals surface area contributed by atoms with E-state index in [-0.39, 0.29) is 30.4 Å². The summed E-state index contributed by atoms with van der Waals surface area (Å²) in [5.74, 6) is 0.908. The number of rotatable bonds is 8. The van der Waals surface area contributed by atoms with Crippen molar-refractivity contribution in [1.82, 2.24) is 0 Å². The highest BCUT2D eigenvalue weighted by atomic mass is 16.6. The average molecular weight is 443 g/mol. The van der Waals surface area contributed by atoms with Crippen LogP contribution in [-0.2, 0) is 23.9 Å². The fourth-order valence-corrected chi connectivity index (χ4v) is 4.94. The molecule has 1 aromatic carbocycles. The monoisotopic (exact) mass is 442 g/mol. The Bertz CT molecular complexity index is 773. The van der Waals surface area contributed by atoms with Crippen molar-refractivity contribution in [2.45, 2.75) is 64.4 Å². The maximum atomic E-state index is 12.4. The van der Waals surface area contributed by atoms with E-state index in [1.807, 2.05) is 30.3 Å². The van der Waals surface area contributed by atoms with Crippen LogP contribution in [0.3, 0.4) is 0 Å². The van der Waals surface area contributed by atoms with Crippen molar-refractivity contribution in [3.05, 3.63) is 43.0 Å². The molecule has 0 saturated heterocycles. The third-order valence-electron chi connectivity index (χ3n) is 6.78. The van der Waals surface area contributed by atoms with Gasteiger partial charge in [-0.15, -0.1) is 0 Å². The first-order valence-corrected chi connectivity index (χ1v) is 11.7. The van der Waals surface area contributed by atoms with Gasteiger partial charge in [0.2, 0.25) is 0 Å². The molecule has 0 N–H and O–H groups in total. The van der Waals surface area contributed by atoms with Crippen LogP contribution in [0.1, 0.15) is 58.3 Å². The molecule has 0 amide bonds. The van der Waals surface area contributed by atoms with Crippen molar-refractivity contribution >= 4 is 17.9 Å². The van der Waals surface area contributed by atoms with Crippen LogP contribution in [0.4, 0.5) is 0 Å². The fraction of sp³-hybridized carbons (Fsp3) is 0.577. The number of esters is 3. The minimum Gasteiger partial charge on any atom is -0.462 e. The molecule has 0 aliphatic heterocycles. The SMILES string of the molecule is C=CC(=O)OC(C)COC(=O)C1CCC(C2CCC(C(=O)Oc3ccccc3)CC2)CC1. The maximum absolute atomic E-state index is 12.4. The molecule has 1 aromatic rings. The molecule has 0 aromatic heterocycles. The minimum absolute atomic E-state index is 0.0186. The lowest BCUT2D eigenvalue weighted by Crippen LogP contribution is -2.32. The Morgan fingerprint density at radius 1 is 0.906 bits per heavy atom. The molecule has 2 aliphatic carbocycles. The summed E-state index contributed by atoms with van der Waals surface area (Å²) in [6.45, 7) is 5.12. The number of carbonyl (C=O) groups excluding carboxylic acids is 3. The fourth-order valence-electron chi connectivity index (χ4n) is 4.94. The zero-order valence-corrected chi connectivity index (χ0v) is 18.9. The number of carbonyl (C=O) groups is 3. The molecular formula is C26H34O6. The largest absolute Gasteiger partial charge is 0.462 e. The van der Waals surface area contributed by atoms with E-state index in [0.29, 0.717) is 17.6 Å². The molecule has 0 radical (unpaired) electrons. The predicted octanol–water partition coefficient (Wildman–Crippen LogP) is 4.87. The maximum Gasteiger partial charge on any atom is 0.330 e. The summed E-state index contributed by atoms with van der Waals surface area (Å²) in [4.78, 5) is 36.0. The Morgan fingerprint density at radius 3 is 1.97 bits per heavy atom. The van der Waals surface area contributed by atoms with Crippen LogP contribution in [0.2, 0.25) is 0 Å². The topological polar surface area (TPSA) is 78.9 Å². The second-order valence-electron chi connectivity index (χ2n) is 9.04. The Morgan fingerprint density at radius 2 is 1.44 bits per heavy atom. The number of para-hydroxylation sites is 1. The van der Waals surface area contributed by atoms with Gasteiger partial charge in [0, 0.05) is 6.08 Å². The first kappa shape index (κ1) is 24.0. The van der Waals surface area contributed by atoms with E-state index < -0.39 is 12.1 Å². The van der Waals surface area contributed by atoms with Gasteiger partial charge in [0.25, 0.3) is 0 Å². The third kappa shape index (κ3) is 6.94. The van der Waals surface area contributed by atoms with Gasteiger partial charge in [-0.1, -0.05) is 24.8 Å². The lowest BCUT2D eigenvalue weighted by Gasteiger charge is -2.36. The first-order chi connectivity index (χ1) is 15.5. The van der Waals surface area contributed by atoms with Crippen LogP contribution in [0, 0.1) is 23.7 Å². The zero-order valence-electron chi connectivity index (χ0n) is 18.9. The van der Waals surface area contributed by atoms with Gasteiger partial charge < -0.3 is 14.2 Å². The molecular weight excluding hydrogens is 408 g/mol. The van der Waals surface area contributed by atoms with Crippen molar-refractivity contribution in [1.29, 1.82) is 0 Å². The Kier molecular flexibility index (Phi) is 8.89. The normalized spacial score (nSPS) is 26.4. The van der Waals surface area contributed by atoms with Gasteiger partial charge in [0.05, 0.1) is 11.8 Å². The average Bonchev–Trinajstić information content (AvgIpc) is 2.83. The summed E-state index contributed by atoms with van der Waals surface area (Å²) < 4.78 is 15.9. The molecule has 2 fully saturated rings. The molecule has 32 heavy (non-hydrogen) atoms. The molecule has 1 atom stereocenters. The summed E-state index contributed by atoms with van der Waals surface area (Å²) in [6, 6.07) is 9.25. The second kappa shape index (κ2) is 11.8. The zero-order chi connectivity index (χ0) is 22.9. The highest BCUT2D eigenvalue weighted by Crippen LogP contribution is 2.41. The predicted molar refractivity (Wildman–Crippen MR) is 120 cm³/mol. The van der Waals surface area contributed by atoms with E-state index in [0.717, 1.165) is 57.4 Å². The van der Waals surface area contributed by atoms with Crippen molar-refractivity contribution in [3.63, 3.8) is 0 Å². The van der Waals surface area contributed by atoms with E-state index in [9.17, 15) is 14.4 Å². The third-order valence-corrected chi connectivity index (χ3v) is 6.78. The highest BCUT2D eigenvalue weighted by molar-refractivity contribution is 5.81. The molecule has 0 heterocycles. The van der Waals surface area contributed by atoms with Crippen LogP contribution in [0.25, 0.3) is 0 Å². The summed E-state index contributed by atoms with van der Waals surface area (Å²) in [6.07, 6.45) is 8.15. The van der Waals surface area contributed by atoms with Gasteiger partial charge in [-0.3, -0.25) is 9.59 Å². The van der Waals surface area contributed by atoms with Gasteiger partial charge in [-0.25, -0.2) is 4.79 Å². The number of hydrogen-bond acceptors (Lipinski definition) is 6. The van der Waals surface area contributed by atoms with Crippen LogP contribution in [0.5, 0.6) is 5.75 Å². The summed E-state index contributed by atoms with van der Waals surface area (Å²) in [7, 11) is 0. The molecule has 0 bridgehead atoms. The smallest absolute Gasteiger partial charge is 0.330 e. The Balaban J connectivity index is 1.35. The molecule has 0 spiro atoms. The van der Waals surface area contributed by atoms with Gasteiger partial charge in [0.1, 0.15) is 18.5 Å². The van der Waals surface area contributed by atoms with Crippen LogP contribution in [-0.4, -0.2) is 30.6 Å². The Hall–Kier alpha value is -2.63. The molecule has 3 rings (SSSR count). The van der Waals surface area contributed by atoms with Gasteiger partial charge in [-0.05, 0) is 82.3 Å². The van der Waals surface area contributed by atoms with Gasteiger partial charge in [0.15, 0.2) is 0 Å². The molecule has 6 heteroatoms. The number of benzene rings is 1. The lowest BCUT2D eigenvalue weighted by molar-refractivity contribution is -0.158. The summed E-state index contributed by atoms with van der Waals surface area (Å²) in [5, 5.41) is 0. The quantitative estimate of drug-likeness (QED) is 0.325. The first-order valence-electron chi connectivity index (χ1n) is 11.7. The standard InChI is InChI=1S/C26H34O6/c1-3-24(27)31-18(2)17-30-25(28)21-13-9-19(10-14-21)20-11-15-22(16-12-20)26(29)32-23-7-5-4-6-8-23/h3-8,18-22H,1,9-17H2,2H3. The lowest BCUT2D eigenvalue weighted by atomic mass is 9.69. The summed E-state index contributed by atoms with van der Waals surface area (Å²) in [5.41, 5.74) is 0. The Labute approximate surface area is 190 Å². The highest BCUT2D eigenvalue weighted by Gasteiger charge is 2.35. The minimum atomic E-state index is -0.517. The van der Waals surface area contributed by atoms with Crippen LogP contribution >= 0.6 is 0 Å². The molecule has 2 saturated carbocycles. The van der Waals surface area contributed by atoms with Crippen LogP contribution < -0.4 is 4.74 Å². The van der Waals surface area contributed by atoms with Gasteiger partial charge in [-0.2, -0.15) is 0 Å². The van der Waals surface area contributed by atoms with Crippen molar-refractivity contribution < 1.29 is 28.6 Å². The van der Waals surface area contributed by atoms with Crippen molar-refractivity contribution in [2.75, 3.05) is 6.61 Å². The van der Waals surface area contributed by atoms with E-state index in [1.54, 1.807) is 6.92 Å². The number of hydrogen-bond donors (Lipinski definition) is 0. The molecule has 1 unspecified atom stereocenters. The second-order valence-corrected chi connectivity index (χ2v) is 9.04. The van der Waals surface area contributed by atoms with Crippen molar-refractivity contribution in [2.24, 2.45) is 23.7 Å². The van der Waals surface area contributed by atoms with E-state index >= 15 is 0 Å². The molecule has 174 valence electrons. The van der Waals surface area contributed by atoms with Crippen LogP contribution in [0.15, 0.2) is 43.0 Å². The van der Waals surface area contributed by atoms with E-state index in [1.165, 1.54) is 0 Å². The summed E-state index contributed by atoms with van der Waals surface area (Å²) >= 11 is 0. The van der Waals surface area contributed by atoms with E-state index in [2.05, 4.69) is 6.58 Å². The van der Waals surface area contributed by atoms with Gasteiger partial charge >= 0.3 is 17.9 Å². The molecule has 6 nitrogen and oxygen atoms in total. The van der Waals surface area contributed by atoms with Crippen molar-refractivity contribution in [3.8, 4) is 5.75 Å². The molecule has 2 aliphatic rings. The van der Waals surface area contributed by atoms with E-state index in [4.69, 9.17) is 14.2 Å².